The van der Waals surface area contributed by atoms with Gasteiger partial charge in [-0.25, -0.2) is 0 Å². The average molecular weight is 1120 g/mol. The highest BCUT2D eigenvalue weighted by molar-refractivity contribution is 5.71. The molecule has 0 bridgehead atoms. The minimum absolute atomic E-state index is 0.0949. The number of carbonyl (C=O) groups excluding carboxylic acids is 3. The summed E-state index contributed by atoms with van der Waals surface area (Å²) in [5.41, 5.74) is 0. The molecule has 6 heteroatoms. The summed E-state index contributed by atoms with van der Waals surface area (Å²) < 4.78 is 16.9. The van der Waals surface area contributed by atoms with Crippen LogP contribution >= 0.6 is 0 Å². The smallest absolute Gasteiger partial charge is 0.306 e. The van der Waals surface area contributed by atoms with E-state index in [2.05, 4.69) is 142 Å². The van der Waals surface area contributed by atoms with Gasteiger partial charge in [0.2, 0.25) is 0 Å². The summed E-state index contributed by atoms with van der Waals surface area (Å²) >= 11 is 0. The Morgan fingerprint density at radius 3 is 0.778 bits per heavy atom. The number of carbonyl (C=O) groups is 3. The Kier molecular flexibility index (Phi) is 64.8. The van der Waals surface area contributed by atoms with E-state index in [-0.39, 0.29) is 31.1 Å². The summed E-state index contributed by atoms with van der Waals surface area (Å²) in [5, 5.41) is 0. The lowest BCUT2D eigenvalue weighted by molar-refractivity contribution is -0.167. The first-order chi connectivity index (χ1) is 40.0. The summed E-state index contributed by atoms with van der Waals surface area (Å²) in [4.78, 5) is 38.4. The van der Waals surface area contributed by atoms with E-state index in [9.17, 15) is 14.4 Å². The molecule has 81 heavy (non-hydrogen) atoms. The fourth-order valence-electron chi connectivity index (χ4n) is 9.33. The second-order valence-electron chi connectivity index (χ2n) is 22.3. The lowest BCUT2D eigenvalue weighted by atomic mass is 10.0. The quantitative estimate of drug-likeness (QED) is 0.0261. The average Bonchev–Trinajstić information content (AvgIpc) is 3.47. The number of allylic oxidation sites excluding steroid dienone is 20. The lowest BCUT2D eigenvalue weighted by Crippen LogP contribution is -2.30. The fraction of sp³-hybridized carbons (Fsp3) is 0.693. The third kappa shape index (κ3) is 66.5. The topological polar surface area (TPSA) is 78.9 Å². The minimum Gasteiger partial charge on any atom is -0.462 e. The molecule has 0 N–H and O–H groups in total. The van der Waals surface area contributed by atoms with Gasteiger partial charge in [-0.15, -0.1) is 0 Å². The van der Waals surface area contributed by atoms with Crippen LogP contribution in [0.2, 0.25) is 0 Å². The molecule has 0 rings (SSSR count). The fourth-order valence-corrected chi connectivity index (χ4v) is 9.33. The molecule has 1 unspecified atom stereocenters. The van der Waals surface area contributed by atoms with E-state index in [1.807, 2.05) is 0 Å². The van der Waals surface area contributed by atoms with Crippen LogP contribution in [0.3, 0.4) is 0 Å². The van der Waals surface area contributed by atoms with Gasteiger partial charge in [-0.05, 0) is 135 Å². The van der Waals surface area contributed by atoms with Crippen LogP contribution < -0.4 is 0 Å². The zero-order chi connectivity index (χ0) is 58.5. The highest BCUT2D eigenvalue weighted by Crippen LogP contribution is 2.16. The highest BCUT2D eigenvalue weighted by atomic mass is 16.6. The van der Waals surface area contributed by atoms with Crippen molar-refractivity contribution < 1.29 is 28.6 Å². The molecule has 0 saturated heterocycles. The standard InChI is InChI=1S/C75H126O6/c1-4-7-10-13-16-19-22-25-28-30-32-34-36-37-39-40-42-44-47-50-53-56-59-62-65-68-74(77)80-71-72(70-79-73(76)67-64-61-58-55-52-49-46-27-24-21-18-15-12-9-6-3)81-75(78)69-66-63-60-57-54-51-48-45-43-41-38-35-33-31-29-26-23-20-17-14-11-8-5-2/h8,11,17-18,20-22,25-27,29-30,32-33,35,41,43,46,48,51,72H,4-7,9-10,12-16,19,23-24,28,31,34,36-40,42,44-45,47,49-50,52-71H2,1-3H3/b11-8-,20-17-,21-18-,25-22-,29-26-,32-30-,35-33-,43-41-,46-27-,51-48-. The second-order valence-corrected chi connectivity index (χ2v) is 22.3. The number of unbranched alkanes of at least 4 members (excludes halogenated alkanes) is 30. The molecule has 0 fully saturated rings. The maximum Gasteiger partial charge on any atom is 0.306 e. The van der Waals surface area contributed by atoms with Crippen molar-refractivity contribution in [3.63, 3.8) is 0 Å². The Bertz CT molecular complexity index is 1670. The van der Waals surface area contributed by atoms with Crippen LogP contribution in [0.15, 0.2) is 122 Å². The predicted molar refractivity (Wildman–Crippen MR) is 353 cm³/mol. The Hall–Kier alpha value is -4.19. The molecule has 0 aromatic carbocycles. The van der Waals surface area contributed by atoms with Gasteiger partial charge in [0.1, 0.15) is 13.2 Å². The number of rotatable bonds is 61. The van der Waals surface area contributed by atoms with Crippen LogP contribution in [0.4, 0.5) is 0 Å². The van der Waals surface area contributed by atoms with E-state index in [1.54, 1.807) is 0 Å². The molecule has 0 spiro atoms. The Morgan fingerprint density at radius 1 is 0.259 bits per heavy atom. The van der Waals surface area contributed by atoms with Crippen molar-refractivity contribution in [2.24, 2.45) is 0 Å². The summed E-state index contributed by atoms with van der Waals surface area (Å²) in [6.07, 6.45) is 94.9. The lowest BCUT2D eigenvalue weighted by Gasteiger charge is -2.18. The molecule has 6 nitrogen and oxygen atoms in total. The van der Waals surface area contributed by atoms with Crippen LogP contribution in [0.5, 0.6) is 0 Å². The van der Waals surface area contributed by atoms with Gasteiger partial charge in [0.25, 0.3) is 0 Å². The molecular weight excluding hydrogens is 997 g/mol. The molecule has 0 aromatic heterocycles. The first kappa shape index (κ1) is 76.8. The monoisotopic (exact) mass is 1120 g/mol. The van der Waals surface area contributed by atoms with E-state index in [4.69, 9.17) is 14.2 Å². The molecule has 0 aliphatic carbocycles. The number of ether oxygens (including phenoxy) is 3. The predicted octanol–water partition coefficient (Wildman–Crippen LogP) is 23.6. The van der Waals surface area contributed by atoms with Crippen molar-refractivity contribution in [2.75, 3.05) is 13.2 Å². The summed E-state index contributed by atoms with van der Waals surface area (Å²) in [5.74, 6) is -0.927. The van der Waals surface area contributed by atoms with Gasteiger partial charge in [-0.2, -0.15) is 0 Å². The molecule has 0 heterocycles. The SMILES string of the molecule is CC/C=C\C/C=C\C/C=C\C/C=C\C/C=C\C/C=C\CCCCCCC(=O)OC(COC(=O)CCCCCCC/C=C\C/C=C\CCCCC)COC(=O)CCCCCCCCCCCCCCC/C=C\C/C=C\CCCCCCC. The van der Waals surface area contributed by atoms with E-state index in [0.29, 0.717) is 19.3 Å². The van der Waals surface area contributed by atoms with Gasteiger partial charge in [0.15, 0.2) is 6.10 Å². The molecule has 0 saturated carbocycles. The maximum absolute atomic E-state index is 12.9. The van der Waals surface area contributed by atoms with Crippen molar-refractivity contribution in [3.05, 3.63) is 122 Å². The maximum atomic E-state index is 12.9. The number of hydrogen-bond acceptors (Lipinski definition) is 6. The van der Waals surface area contributed by atoms with Crippen molar-refractivity contribution in [3.8, 4) is 0 Å². The van der Waals surface area contributed by atoms with Crippen molar-refractivity contribution in [2.45, 2.75) is 322 Å². The van der Waals surface area contributed by atoms with Gasteiger partial charge in [-0.1, -0.05) is 284 Å². The largest absolute Gasteiger partial charge is 0.462 e. The normalized spacial score (nSPS) is 12.9. The Labute approximate surface area is 501 Å². The van der Waals surface area contributed by atoms with E-state index >= 15 is 0 Å². The summed E-state index contributed by atoms with van der Waals surface area (Å²) in [6, 6.07) is 0. The third-order valence-corrected chi connectivity index (χ3v) is 14.4. The zero-order valence-corrected chi connectivity index (χ0v) is 53.0. The first-order valence-electron chi connectivity index (χ1n) is 34.0. The molecule has 1 atom stereocenters. The Morgan fingerprint density at radius 2 is 0.481 bits per heavy atom. The van der Waals surface area contributed by atoms with Crippen LogP contribution in [0.25, 0.3) is 0 Å². The third-order valence-electron chi connectivity index (χ3n) is 14.4. The van der Waals surface area contributed by atoms with E-state index in [0.717, 1.165) is 141 Å². The number of hydrogen-bond donors (Lipinski definition) is 0. The first-order valence-corrected chi connectivity index (χ1v) is 34.0. The molecule has 0 aromatic rings. The molecule has 0 amide bonds. The van der Waals surface area contributed by atoms with E-state index < -0.39 is 6.10 Å². The molecule has 0 radical (unpaired) electrons. The highest BCUT2D eigenvalue weighted by Gasteiger charge is 2.19. The Balaban J connectivity index is 4.41. The minimum atomic E-state index is -0.803. The van der Waals surface area contributed by atoms with Crippen molar-refractivity contribution >= 4 is 17.9 Å². The second kappa shape index (κ2) is 68.3. The molecule has 0 aliphatic heterocycles. The van der Waals surface area contributed by atoms with Crippen molar-refractivity contribution in [1.82, 2.24) is 0 Å². The van der Waals surface area contributed by atoms with Crippen LogP contribution in [-0.2, 0) is 28.6 Å². The van der Waals surface area contributed by atoms with Gasteiger partial charge < -0.3 is 14.2 Å². The van der Waals surface area contributed by atoms with E-state index in [1.165, 1.54) is 135 Å². The van der Waals surface area contributed by atoms with Crippen LogP contribution in [0.1, 0.15) is 316 Å². The van der Waals surface area contributed by atoms with Gasteiger partial charge in [-0.3, -0.25) is 14.4 Å². The summed E-state index contributed by atoms with van der Waals surface area (Å²) in [7, 11) is 0. The summed E-state index contributed by atoms with van der Waals surface area (Å²) in [6.45, 7) is 6.48. The van der Waals surface area contributed by atoms with Crippen LogP contribution in [0, 0.1) is 0 Å². The molecular formula is C75H126O6. The molecule has 462 valence electrons. The van der Waals surface area contributed by atoms with Gasteiger partial charge in [0.05, 0.1) is 0 Å². The van der Waals surface area contributed by atoms with Crippen molar-refractivity contribution in [1.29, 1.82) is 0 Å². The van der Waals surface area contributed by atoms with Gasteiger partial charge in [0, 0.05) is 19.3 Å². The van der Waals surface area contributed by atoms with Crippen LogP contribution in [-0.4, -0.2) is 37.2 Å². The zero-order valence-electron chi connectivity index (χ0n) is 53.0. The number of esters is 3. The molecule has 0 aliphatic rings. The van der Waals surface area contributed by atoms with Gasteiger partial charge >= 0.3 is 17.9 Å².